The van der Waals surface area contributed by atoms with Crippen molar-refractivity contribution in [2.45, 2.75) is 50.9 Å². The fraction of sp³-hybridized carbons (Fsp3) is 0.571. The lowest BCUT2D eigenvalue weighted by Gasteiger charge is -2.22. The molecule has 1 saturated carbocycles. The van der Waals surface area contributed by atoms with Crippen LogP contribution in [0.2, 0.25) is 5.02 Å². The molecule has 2 atom stereocenters. The van der Waals surface area contributed by atoms with Gasteiger partial charge in [0.25, 0.3) is 0 Å². The van der Waals surface area contributed by atoms with Gasteiger partial charge in [-0.1, -0.05) is 36.9 Å². The van der Waals surface area contributed by atoms with Gasteiger partial charge in [-0.15, -0.1) is 0 Å². The van der Waals surface area contributed by atoms with E-state index in [2.05, 4.69) is 0 Å². The van der Waals surface area contributed by atoms with Crippen molar-refractivity contribution >= 4 is 11.6 Å². The van der Waals surface area contributed by atoms with E-state index in [1.807, 2.05) is 0 Å². The largest absolute Gasteiger partial charge is 0.372 e. The Balaban J connectivity index is 1.93. The molecule has 0 aromatic heterocycles. The smallest absolute Gasteiger partial charge is 0.124 e. The van der Waals surface area contributed by atoms with Crippen LogP contribution in [0.4, 0.5) is 4.39 Å². The van der Waals surface area contributed by atoms with E-state index in [1.165, 1.54) is 25.0 Å². The van der Waals surface area contributed by atoms with E-state index in [4.69, 9.17) is 22.1 Å². The average molecular weight is 272 g/mol. The third kappa shape index (κ3) is 3.67. The Bertz CT molecular complexity index is 399. The lowest BCUT2D eigenvalue weighted by Crippen LogP contribution is -2.35. The first-order valence-corrected chi connectivity index (χ1v) is 6.86. The Morgan fingerprint density at radius 1 is 1.28 bits per heavy atom. The highest BCUT2D eigenvalue weighted by Gasteiger charge is 2.21. The molecule has 0 aliphatic heterocycles. The van der Waals surface area contributed by atoms with Crippen LogP contribution in [0.3, 0.4) is 0 Å². The van der Waals surface area contributed by atoms with Crippen LogP contribution >= 0.6 is 11.6 Å². The number of ether oxygens (including phenoxy) is 1. The van der Waals surface area contributed by atoms with E-state index in [0.717, 1.165) is 24.8 Å². The van der Waals surface area contributed by atoms with Crippen LogP contribution in [0.15, 0.2) is 18.2 Å². The second kappa shape index (κ2) is 6.50. The van der Waals surface area contributed by atoms with Gasteiger partial charge in [0.05, 0.1) is 12.7 Å². The molecule has 2 rings (SSSR count). The molecule has 0 radical (unpaired) electrons. The topological polar surface area (TPSA) is 35.2 Å². The minimum Gasteiger partial charge on any atom is -0.372 e. The molecular weight excluding hydrogens is 253 g/mol. The Morgan fingerprint density at radius 2 is 2.06 bits per heavy atom. The summed E-state index contributed by atoms with van der Waals surface area (Å²) < 4.78 is 18.8. The SMILES string of the molecule is NC1CCCCCC1OCc1ccc(F)cc1Cl. The summed E-state index contributed by atoms with van der Waals surface area (Å²) in [5.74, 6) is -0.324. The first-order chi connectivity index (χ1) is 8.66. The molecule has 2 N–H and O–H groups in total. The molecule has 1 aliphatic rings. The maximum absolute atomic E-state index is 12.9. The van der Waals surface area contributed by atoms with E-state index in [9.17, 15) is 4.39 Å². The maximum Gasteiger partial charge on any atom is 0.124 e. The Hall–Kier alpha value is -0.640. The molecule has 0 amide bonds. The molecule has 1 aromatic carbocycles. The van der Waals surface area contributed by atoms with Crippen LogP contribution in [0.1, 0.15) is 37.7 Å². The Kier molecular flexibility index (Phi) is 4.98. The summed E-state index contributed by atoms with van der Waals surface area (Å²) in [6.45, 7) is 0.400. The second-order valence-corrected chi connectivity index (χ2v) is 5.29. The number of hydrogen-bond acceptors (Lipinski definition) is 2. The van der Waals surface area contributed by atoms with Gasteiger partial charge in [0.2, 0.25) is 0 Å². The van der Waals surface area contributed by atoms with Crippen LogP contribution in [0.25, 0.3) is 0 Å². The normalized spacial score (nSPS) is 24.8. The van der Waals surface area contributed by atoms with E-state index < -0.39 is 0 Å². The summed E-state index contributed by atoms with van der Waals surface area (Å²) in [7, 11) is 0. The fourth-order valence-corrected chi connectivity index (χ4v) is 2.57. The average Bonchev–Trinajstić information content (AvgIpc) is 2.53. The van der Waals surface area contributed by atoms with Crippen molar-refractivity contribution in [3.05, 3.63) is 34.6 Å². The van der Waals surface area contributed by atoms with Gasteiger partial charge >= 0.3 is 0 Å². The summed E-state index contributed by atoms with van der Waals surface area (Å²) in [4.78, 5) is 0. The van der Waals surface area contributed by atoms with Gasteiger partial charge in [0.15, 0.2) is 0 Å². The van der Waals surface area contributed by atoms with E-state index in [-0.39, 0.29) is 18.0 Å². The van der Waals surface area contributed by atoms with Crippen molar-refractivity contribution in [3.63, 3.8) is 0 Å². The zero-order valence-corrected chi connectivity index (χ0v) is 11.1. The van der Waals surface area contributed by atoms with Crippen molar-refractivity contribution in [2.75, 3.05) is 0 Å². The number of halogens is 2. The number of nitrogens with two attached hydrogens (primary N) is 1. The van der Waals surface area contributed by atoms with Gasteiger partial charge in [0, 0.05) is 11.1 Å². The predicted octanol–water partition coefficient (Wildman–Crippen LogP) is 3.66. The zero-order valence-electron chi connectivity index (χ0n) is 10.4. The van der Waals surface area contributed by atoms with Crippen LogP contribution in [-0.2, 0) is 11.3 Å². The number of hydrogen-bond donors (Lipinski definition) is 1. The van der Waals surface area contributed by atoms with Gasteiger partial charge in [-0.2, -0.15) is 0 Å². The molecule has 2 unspecified atom stereocenters. The summed E-state index contributed by atoms with van der Waals surface area (Å²) in [5, 5.41) is 0.414. The molecule has 1 aromatic rings. The van der Waals surface area contributed by atoms with Crippen molar-refractivity contribution in [2.24, 2.45) is 5.73 Å². The molecule has 0 spiro atoms. The molecule has 4 heteroatoms. The quantitative estimate of drug-likeness (QED) is 0.852. The zero-order chi connectivity index (χ0) is 13.0. The summed E-state index contributed by atoms with van der Waals surface area (Å²) in [6.07, 6.45) is 5.68. The Labute approximate surface area is 112 Å². The summed E-state index contributed by atoms with van der Waals surface area (Å²) in [6, 6.07) is 4.48. The summed E-state index contributed by atoms with van der Waals surface area (Å²) >= 11 is 5.96. The minimum atomic E-state index is -0.324. The lowest BCUT2D eigenvalue weighted by atomic mass is 10.1. The molecule has 0 heterocycles. The molecular formula is C14H19ClFNO. The van der Waals surface area contributed by atoms with Crippen molar-refractivity contribution in [3.8, 4) is 0 Å². The summed E-state index contributed by atoms with van der Waals surface area (Å²) in [5.41, 5.74) is 6.90. The van der Waals surface area contributed by atoms with E-state index >= 15 is 0 Å². The minimum absolute atomic E-state index is 0.0913. The van der Waals surface area contributed by atoms with Crippen LogP contribution < -0.4 is 5.73 Å². The van der Waals surface area contributed by atoms with Crippen molar-refractivity contribution < 1.29 is 9.13 Å². The van der Waals surface area contributed by atoms with Gasteiger partial charge in [-0.25, -0.2) is 4.39 Å². The van der Waals surface area contributed by atoms with Crippen LogP contribution in [-0.4, -0.2) is 12.1 Å². The molecule has 0 saturated heterocycles. The van der Waals surface area contributed by atoms with Gasteiger partial charge in [-0.05, 0) is 30.5 Å². The highest BCUT2D eigenvalue weighted by Crippen LogP contribution is 2.23. The fourth-order valence-electron chi connectivity index (χ4n) is 2.34. The van der Waals surface area contributed by atoms with Gasteiger partial charge < -0.3 is 10.5 Å². The van der Waals surface area contributed by atoms with Gasteiger partial charge in [-0.3, -0.25) is 0 Å². The number of benzene rings is 1. The molecule has 100 valence electrons. The first kappa shape index (κ1) is 13.8. The van der Waals surface area contributed by atoms with Gasteiger partial charge in [0.1, 0.15) is 5.82 Å². The van der Waals surface area contributed by atoms with E-state index in [1.54, 1.807) is 6.07 Å². The molecule has 18 heavy (non-hydrogen) atoms. The maximum atomic E-state index is 12.9. The predicted molar refractivity (Wildman–Crippen MR) is 71.0 cm³/mol. The lowest BCUT2D eigenvalue weighted by molar-refractivity contribution is 0.0194. The highest BCUT2D eigenvalue weighted by atomic mass is 35.5. The monoisotopic (exact) mass is 271 g/mol. The third-order valence-electron chi connectivity index (χ3n) is 3.47. The highest BCUT2D eigenvalue weighted by molar-refractivity contribution is 6.31. The van der Waals surface area contributed by atoms with Crippen LogP contribution in [0.5, 0.6) is 0 Å². The van der Waals surface area contributed by atoms with E-state index in [0.29, 0.717) is 11.6 Å². The second-order valence-electron chi connectivity index (χ2n) is 4.89. The molecule has 1 fully saturated rings. The van der Waals surface area contributed by atoms with Crippen molar-refractivity contribution in [1.29, 1.82) is 0 Å². The molecule has 0 bridgehead atoms. The number of rotatable bonds is 3. The molecule has 2 nitrogen and oxygen atoms in total. The first-order valence-electron chi connectivity index (χ1n) is 6.48. The standard InChI is InChI=1S/C14H19ClFNO/c15-12-8-11(16)7-6-10(12)9-18-14-5-3-1-2-4-13(14)17/h6-8,13-14H,1-5,9,17H2. The Morgan fingerprint density at radius 3 is 2.83 bits per heavy atom. The van der Waals surface area contributed by atoms with Crippen LogP contribution in [0, 0.1) is 5.82 Å². The molecule has 1 aliphatic carbocycles. The van der Waals surface area contributed by atoms with Crippen molar-refractivity contribution in [1.82, 2.24) is 0 Å². The third-order valence-corrected chi connectivity index (χ3v) is 3.82.